The molecule has 0 N–H and O–H groups in total. The van der Waals surface area contributed by atoms with Crippen LogP contribution in [0.1, 0.15) is 50.8 Å². The molecule has 1 saturated heterocycles. The maximum Gasteiger partial charge on any atom is 0.333 e. The maximum atomic E-state index is 14.0. The van der Waals surface area contributed by atoms with Crippen LogP contribution in [0.4, 0.5) is 14.9 Å². The summed E-state index contributed by atoms with van der Waals surface area (Å²) in [6.45, 7) is 6.61. The highest BCUT2D eigenvalue weighted by molar-refractivity contribution is 5.99. The zero-order chi connectivity index (χ0) is 23.5. The molecule has 0 saturated carbocycles. The van der Waals surface area contributed by atoms with Crippen LogP contribution >= 0.6 is 0 Å². The summed E-state index contributed by atoms with van der Waals surface area (Å²) in [5.41, 5.74) is 1.55. The van der Waals surface area contributed by atoms with E-state index in [0.29, 0.717) is 25.1 Å². The standard InChI is InChI=1S/C24H27FN4O3/c1-24(2,3)17-7-9-19(10-8-17)29(23(31)28-11-5-6-20(28)13-26)21(22(30)32-4)16-12-18(25)15-27-14-16/h7-10,12,14-15,20-21H,5-6,11H2,1-4H3/t20-,21?/m0/s1. The van der Waals surface area contributed by atoms with E-state index in [-0.39, 0.29) is 11.0 Å². The molecule has 1 aromatic heterocycles. The Labute approximate surface area is 187 Å². The molecule has 0 spiro atoms. The van der Waals surface area contributed by atoms with Crippen molar-refractivity contribution in [2.24, 2.45) is 0 Å². The molecule has 0 aliphatic carbocycles. The molecule has 2 atom stereocenters. The fourth-order valence-corrected chi connectivity index (χ4v) is 3.84. The van der Waals surface area contributed by atoms with Gasteiger partial charge in [-0.1, -0.05) is 32.9 Å². The molecule has 7 nitrogen and oxygen atoms in total. The van der Waals surface area contributed by atoms with Crippen molar-refractivity contribution in [3.63, 3.8) is 0 Å². The second kappa shape index (κ2) is 9.35. The van der Waals surface area contributed by atoms with Gasteiger partial charge in [0, 0.05) is 24.0 Å². The largest absolute Gasteiger partial charge is 0.467 e. The van der Waals surface area contributed by atoms with Crippen LogP contribution < -0.4 is 4.90 Å². The Kier molecular flexibility index (Phi) is 6.78. The molecule has 1 aliphatic heterocycles. The van der Waals surface area contributed by atoms with Gasteiger partial charge in [0.1, 0.15) is 11.9 Å². The number of nitriles is 1. The number of methoxy groups -OCH3 is 1. The summed E-state index contributed by atoms with van der Waals surface area (Å²) >= 11 is 0. The van der Waals surface area contributed by atoms with Crippen LogP contribution in [0.3, 0.4) is 0 Å². The lowest BCUT2D eigenvalue weighted by Crippen LogP contribution is -2.49. The average molecular weight is 439 g/mol. The number of nitrogens with zero attached hydrogens (tertiary/aromatic N) is 4. The number of likely N-dealkylation sites (tertiary alicyclic amines) is 1. The van der Waals surface area contributed by atoms with Gasteiger partial charge in [-0.3, -0.25) is 9.88 Å². The molecule has 2 aromatic rings. The number of hydrogen-bond donors (Lipinski definition) is 0. The summed E-state index contributed by atoms with van der Waals surface area (Å²) in [5, 5.41) is 9.50. The monoisotopic (exact) mass is 438 g/mol. The summed E-state index contributed by atoms with van der Waals surface area (Å²) in [7, 11) is 1.21. The maximum absolute atomic E-state index is 14.0. The number of esters is 1. The molecule has 2 amide bonds. The first-order valence-corrected chi connectivity index (χ1v) is 10.5. The van der Waals surface area contributed by atoms with Gasteiger partial charge >= 0.3 is 12.0 Å². The molecule has 32 heavy (non-hydrogen) atoms. The van der Waals surface area contributed by atoms with E-state index in [4.69, 9.17) is 4.74 Å². The summed E-state index contributed by atoms with van der Waals surface area (Å²) in [5.74, 6) is -1.37. The summed E-state index contributed by atoms with van der Waals surface area (Å²) in [6, 6.07) is 8.20. The van der Waals surface area contributed by atoms with E-state index in [1.165, 1.54) is 23.1 Å². The van der Waals surface area contributed by atoms with Crippen molar-refractivity contribution >= 4 is 17.7 Å². The van der Waals surface area contributed by atoms with Crippen LogP contribution in [0.15, 0.2) is 42.7 Å². The van der Waals surface area contributed by atoms with Gasteiger partial charge in [-0.25, -0.2) is 14.0 Å². The molecule has 1 unspecified atom stereocenters. The molecule has 0 radical (unpaired) electrons. The summed E-state index contributed by atoms with van der Waals surface area (Å²) in [4.78, 5) is 33.1. The van der Waals surface area contributed by atoms with Gasteiger partial charge in [0.15, 0.2) is 6.04 Å². The van der Waals surface area contributed by atoms with E-state index in [2.05, 4.69) is 31.8 Å². The second-order valence-corrected chi connectivity index (χ2v) is 8.79. The van der Waals surface area contributed by atoms with Crippen LogP contribution in [-0.2, 0) is 14.9 Å². The minimum atomic E-state index is -1.27. The zero-order valence-electron chi connectivity index (χ0n) is 18.7. The minimum Gasteiger partial charge on any atom is -0.467 e. The van der Waals surface area contributed by atoms with Gasteiger partial charge in [-0.2, -0.15) is 5.26 Å². The fourth-order valence-electron chi connectivity index (χ4n) is 3.84. The third-order valence-electron chi connectivity index (χ3n) is 5.59. The zero-order valence-corrected chi connectivity index (χ0v) is 18.7. The Hall–Kier alpha value is -3.47. The van der Waals surface area contributed by atoms with Crippen molar-refractivity contribution in [1.82, 2.24) is 9.88 Å². The van der Waals surface area contributed by atoms with E-state index < -0.39 is 29.9 Å². The Balaban J connectivity index is 2.14. The Morgan fingerprint density at radius 3 is 2.53 bits per heavy atom. The number of carbonyl (C=O) groups is 2. The average Bonchev–Trinajstić information content (AvgIpc) is 3.25. The Bertz CT molecular complexity index is 1030. The smallest absolute Gasteiger partial charge is 0.333 e. The quantitative estimate of drug-likeness (QED) is 0.663. The summed E-state index contributed by atoms with van der Waals surface area (Å²) < 4.78 is 19.0. The van der Waals surface area contributed by atoms with E-state index >= 15 is 0 Å². The Morgan fingerprint density at radius 1 is 1.28 bits per heavy atom. The third-order valence-corrected chi connectivity index (χ3v) is 5.59. The molecule has 1 aliphatic rings. The fraction of sp³-hybridized carbons (Fsp3) is 0.417. The third kappa shape index (κ3) is 4.72. The van der Waals surface area contributed by atoms with Crippen LogP contribution in [0.2, 0.25) is 0 Å². The van der Waals surface area contributed by atoms with E-state index in [0.717, 1.165) is 17.8 Å². The molecule has 0 bridgehead atoms. The lowest BCUT2D eigenvalue weighted by Gasteiger charge is -2.34. The van der Waals surface area contributed by atoms with E-state index in [9.17, 15) is 19.2 Å². The van der Waals surface area contributed by atoms with Crippen LogP contribution in [0.5, 0.6) is 0 Å². The normalized spacial score (nSPS) is 16.9. The Morgan fingerprint density at radius 2 is 1.97 bits per heavy atom. The molecular weight excluding hydrogens is 411 g/mol. The van der Waals surface area contributed by atoms with Crippen molar-refractivity contribution in [3.05, 3.63) is 59.7 Å². The molecule has 3 rings (SSSR count). The lowest BCUT2D eigenvalue weighted by molar-refractivity contribution is -0.142. The number of amides is 2. The molecule has 1 aromatic carbocycles. The molecule has 1 fully saturated rings. The lowest BCUT2D eigenvalue weighted by atomic mass is 9.87. The first kappa shape index (κ1) is 23.2. The highest BCUT2D eigenvalue weighted by Crippen LogP contribution is 2.33. The number of benzene rings is 1. The SMILES string of the molecule is COC(=O)C(c1cncc(F)c1)N(C(=O)N1CCC[C@H]1C#N)c1ccc(C(C)(C)C)cc1. The van der Waals surface area contributed by atoms with Gasteiger partial charge in [0.25, 0.3) is 0 Å². The van der Waals surface area contributed by atoms with Crippen LogP contribution in [-0.4, -0.2) is 41.6 Å². The van der Waals surface area contributed by atoms with Crippen molar-refractivity contribution in [2.75, 3.05) is 18.6 Å². The number of hydrogen-bond acceptors (Lipinski definition) is 5. The number of carbonyl (C=O) groups excluding carboxylic acids is 2. The topological polar surface area (TPSA) is 86.5 Å². The summed E-state index contributed by atoms with van der Waals surface area (Å²) in [6.07, 6.45) is 3.60. The minimum absolute atomic E-state index is 0.109. The highest BCUT2D eigenvalue weighted by atomic mass is 19.1. The van der Waals surface area contributed by atoms with Gasteiger partial charge < -0.3 is 9.64 Å². The predicted molar refractivity (Wildman–Crippen MR) is 117 cm³/mol. The van der Waals surface area contributed by atoms with Gasteiger partial charge in [-0.05, 0) is 42.0 Å². The highest BCUT2D eigenvalue weighted by Gasteiger charge is 2.40. The number of ether oxygens (including phenoxy) is 1. The molecule has 168 valence electrons. The number of rotatable bonds is 4. The van der Waals surface area contributed by atoms with Crippen molar-refractivity contribution < 1.29 is 18.7 Å². The number of pyridine rings is 1. The molecule has 8 heteroatoms. The van der Waals surface area contributed by atoms with Crippen molar-refractivity contribution in [3.8, 4) is 6.07 Å². The van der Waals surface area contributed by atoms with Gasteiger partial charge in [-0.15, -0.1) is 0 Å². The molecular formula is C24H27FN4O3. The van der Waals surface area contributed by atoms with E-state index in [1.807, 2.05) is 12.1 Å². The molecule has 2 heterocycles. The number of urea groups is 1. The van der Waals surface area contributed by atoms with Gasteiger partial charge in [0.2, 0.25) is 0 Å². The predicted octanol–water partition coefficient (Wildman–Crippen LogP) is 4.35. The van der Waals surface area contributed by atoms with Crippen molar-refractivity contribution in [1.29, 1.82) is 5.26 Å². The number of anilines is 1. The number of aromatic nitrogens is 1. The second-order valence-electron chi connectivity index (χ2n) is 8.79. The number of halogens is 1. The van der Waals surface area contributed by atoms with Gasteiger partial charge in [0.05, 0.1) is 19.4 Å². The first-order chi connectivity index (χ1) is 15.2. The van der Waals surface area contributed by atoms with Crippen LogP contribution in [0.25, 0.3) is 0 Å². The van der Waals surface area contributed by atoms with Crippen LogP contribution in [0, 0.1) is 17.1 Å². The van der Waals surface area contributed by atoms with Crippen molar-refractivity contribution in [2.45, 2.75) is 51.1 Å². The first-order valence-electron chi connectivity index (χ1n) is 10.5. The van der Waals surface area contributed by atoms with E-state index in [1.54, 1.807) is 12.1 Å².